The van der Waals surface area contributed by atoms with E-state index in [0.717, 1.165) is 5.56 Å². The number of fused-ring (bicyclic) bond motifs is 1. The molecule has 166 valence electrons. The van der Waals surface area contributed by atoms with Crippen LogP contribution in [0.1, 0.15) is 48.8 Å². The number of benzene rings is 2. The van der Waals surface area contributed by atoms with Crippen molar-refractivity contribution < 1.29 is 24.2 Å². The number of amides is 1. The molecular formula is C25H26N2O5. The first-order valence-electron chi connectivity index (χ1n) is 10.2. The van der Waals surface area contributed by atoms with Crippen LogP contribution in [0.5, 0.6) is 0 Å². The van der Waals surface area contributed by atoms with Crippen LogP contribution in [0.25, 0.3) is 10.9 Å². The average molecular weight is 434 g/mol. The Kier molecular flexibility index (Phi) is 6.58. The van der Waals surface area contributed by atoms with E-state index in [4.69, 9.17) is 4.74 Å². The van der Waals surface area contributed by atoms with Crippen LogP contribution >= 0.6 is 0 Å². The molecule has 32 heavy (non-hydrogen) atoms. The molecule has 1 aromatic heterocycles. The van der Waals surface area contributed by atoms with Crippen LogP contribution in [0.4, 0.5) is 4.79 Å². The summed E-state index contributed by atoms with van der Waals surface area (Å²) in [5.74, 6) is -1.19. The zero-order valence-corrected chi connectivity index (χ0v) is 18.3. The first-order valence-corrected chi connectivity index (χ1v) is 10.2. The third kappa shape index (κ3) is 5.29. The molecule has 0 radical (unpaired) electrons. The summed E-state index contributed by atoms with van der Waals surface area (Å²) in [7, 11) is 0. The van der Waals surface area contributed by atoms with Gasteiger partial charge in [-0.25, -0.2) is 14.6 Å². The quantitative estimate of drug-likeness (QED) is 0.523. The molecular weight excluding hydrogens is 408 g/mol. The number of carbonyl (C=O) groups is 3. The normalized spacial score (nSPS) is 13.2. The zero-order chi connectivity index (χ0) is 23.4. The summed E-state index contributed by atoms with van der Waals surface area (Å²) in [6.07, 6.45) is -0.0463. The molecule has 0 unspecified atom stereocenters. The lowest BCUT2D eigenvalue weighted by atomic mass is 9.75. The molecule has 0 spiro atoms. The van der Waals surface area contributed by atoms with E-state index in [1.54, 1.807) is 30.3 Å². The summed E-state index contributed by atoms with van der Waals surface area (Å²) in [6.45, 7) is 5.73. The first-order chi connectivity index (χ1) is 15.1. The van der Waals surface area contributed by atoms with E-state index in [1.165, 1.54) is 0 Å². The van der Waals surface area contributed by atoms with Crippen LogP contribution in [-0.2, 0) is 21.7 Å². The van der Waals surface area contributed by atoms with Crippen molar-refractivity contribution in [3.63, 3.8) is 0 Å². The summed E-state index contributed by atoms with van der Waals surface area (Å²) < 4.78 is 5.32. The Morgan fingerprint density at radius 3 is 2.41 bits per heavy atom. The van der Waals surface area contributed by atoms with Gasteiger partial charge in [-0.1, -0.05) is 63.2 Å². The van der Waals surface area contributed by atoms with E-state index >= 15 is 0 Å². The second-order valence-corrected chi connectivity index (χ2v) is 8.90. The molecule has 0 saturated carbocycles. The lowest BCUT2D eigenvalue weighted by Gasteiger charge is -2.36. The standard InChI is InChI=1S/C25H26N2O5/c1-24(2,3)16-25(22(29)30,27-23(31)32-15-17-7-5-4-6-8-17)19-10-12-21-18(13-19)9-11-20(14-28)26-21/h4-14H,15-16H2,1-3H3,(H,27,31)(H,29,30)/t25-/m1/s1. The zero-order valence-electron chi connectivity index (χ0n) is 18.3. The van der Waals surface area contributed by atoms with Gasteiger partial charge in [-0.15, -0.1) is 0 Å². The maximum Gasteiger partial charge on any atom is 0.408 e. The average Bonchev–Trinajstić information content (AvgIpc) is 2.76. The summed E-state index contributed by atoms with van der Waals surface area (Å²) in [4.78, 5) is 40.5. The minimum Gasteiger partial charge on any atom is -0.479 e. The largest absolute Gasteiger partial charge is 0.479 e. The van der Waals surface area contributed by atoms with Gasteiger partial charge in [-0.2, -0.15) is 0 Å². The lowest BCUT2D eigenvalue weighted by molar-refractivity contribution is -0.146. The highest BCUT2D eigenvalue weighted by atomic mass is 16.5. The number of carboxylic acid groups (broad SMARTS) is 1. The Morgan fingerprint density at radius 2 is 1.78 bits per heavy atom. The van der Waals surface area contributed by atoms with Crippen molar-refractivity contribution in [2.75, 3.05) is 0 Å². The second-order valence-electron chi connectivity index (χ2n) is 8.90. The van der Waals surface area contributed by atoms with E-state index in [2.05, 4.69) is 10.3 Å². The maximum absolute atomic E-state index is 12.7. The van der Waals surface area contributed by atoms with Crippen LogP contribution in [0.2, 0.25) is 0 Å². The molecule has 0 aliphatic heterocycles. The number of nitrogens with one attached hydrogen (secondary N) is 1. The van der Waals surface area contributed by atoms with Gasteiger partial charge in [0.2, 0.25) is 0 Å². The number of pyridine rings is 1. The fraction of sp³-hybridized carbons (Fsp3) is 0.280. The molecule has 0 aliphatic carbocycles. The highest BCUT2D eigenvalue weighted by Gasteiger charge is 2.45. The SMILES string of the molecule is CC(C)(C)C[C@](NC(=O)OCc1ccccc1)(C(=O)O)c1ccc2nc(C=O)ccc2c1. The van der Waals surface area contributed by atoms with Gasteiger partial charge < -0.3 is 15.2 Å². The van der Waals surface area contributed by atoms with Crippen molar-refractivity contribution in [3.8, 4) is 0 Å². The minimum atomic E-state index is -1.72. The molecule has 0 fully saturated rings. The fourth-order valence-corrected chi connectivity index (χ4v) is 3.67. The van der Waals surface area contributed by atoms with Gasteiger partial charge >= 0.3 is 12.1 Å². The predicted octanol–water partition coefficient (Wildman–Crippen LogP) is 4.69. The highest BCUT2D eigenvalue weighted by Crippen LogP contribution is 2.36. The molecule has 3 aromatic rings. The van der Waals surface area contributed by atoms with E-state index in [1.807, 2.05) is 51.1 Å². The number of rotatable bonds is 7. The summed E-state index contributed by atoms with van der Waals surface area (Å²) in [5, 5.41) is 13.6. The van der Waals surface area contributed by atoms with Crippen molar-refractivity contribution in [2.45, 2.75) is 39.3 Å². The monoisotopic (exact) mass is 434 g/mol. The highest BCUT2D eigenvalue weighted by molar-refractivity contribution is 5.89. The Bertz CT molecular complexity index is 1140. The third-order valence-electron chi connectivity index (χ3n) is 5.01. The predicted molar refractivity (Wildman–Crippen MR) is 120 cm³/mol. The number of hydrogen-bond acceptors (Lipinski definition) is 5. The molecule has 2 aromatic carbocycles. The van der Waals surface area contributed by atoms with E-state index in [9.17, 15) is 19.5 Å². The fourth-order valence-electron chi connectivity index (χ4n) is 3.67. The minimum absolute atomic E-state index is 0.0218. The maximum atomic E-state index is 12.7. The second kappa shape index (κ2) is 9.18. The molecule has 0 bridgehead atoms. The Labute approximate surface area is 186 Å². The summed E-state index contributed by atoms with van der Waals surface area (Å²) >= 11 is 0. The van der Waals surface area contributed by atoms with E-state index in [0.29, 0.717) is 22.8 Å². The molecule has 0 saturated heterocycles. The number of alkyl carbamates (subject to hydrolysis) is 1. The first kappa shape index (κ1) is 22.9. The third-order valence-corrected chi connectivity index (χ3v) is 5.01. The van der Waals surface area contributed by atoms with Crippen molar-refractivity contribution in [2.24, 2.45) is 5.41 Å². The van der Waals surface area contributed by atoms with Gasteiger partial charge in [0.15, 0.2) is 11.8 Å². The molecule has 1 amide bonds. The van der Waals surface area contributed by atoms with E-state index in [-0.39, 0.29) is 18.7 Å². The van der Waals surface area contributed by atoms with Gasteiger partial charge in [-0.3, -0.25) is 4.79 Å². The van der Waals surface area contributed by atoms with E-state index < -0.39 is 23.0 Å². The van der Waals surface area contributed by atoms with Crippen molar-refractivity contribution in [3.05, 3.63) is 77.5 Å². The van der Waals surface area contributed by atoms with Crippen molar-refractivity contribution >= 4 is 29.3 Å². The van der Waals surface area contributed by atoms with Crippen LogP contribution < -0.4 is 5.32 Å². The number of hydrogen-bond donors (Lipinski definition) is 2. The number of carbonyl (C=O) groups excluding carboxylic acids is 2. The number of ether oxygens (including phenoxy) is 1. The smallest absolute Gasteiger partial charge is 0.408 e. The molecule has 0 aliphatic rings. The van der Waals surface area contributed by atoms with Crippen LogP contribution in [0.3, 0.4) is 0 Å². The number of nitrogens with zero attached hydrogens (tertiary/aromatic N) is 1. The molecule has 7 nitrogen and oxygen atoms in total. The Balaban J connectivity index is 1.98. The molecule has 3 rings (SSSR count). The Hall–Kier alpha value is -3.74. The number of aromatic nitrogens is 1. The lowest BCUT2D eigenvalue weighted by Crippen LogP contribution is -2.54. The van der Waals surface area contributed by atoms with Gasteiger partial charge in [0.05, 0.1) is 5.52 Å². The molecule has 2 N–H and O–H groups in total. The molecule has 7 heteroatoms. The summed E-state index contributed by atoms with van der Waals surface area (Å²) in [6, 6.07) is 17.3. The van der Waals surface area contributed by atoms with Gasteiger partial charge in [-0.05, 0) is 41.2 Å². The topological polar surface area (TPSA) is 106 Å². The van der Waals surface area contributed by atoms with Crippen LogP contribution in [0, 0.1) is 5.41 Å². The van der Waals surface area contributed by atoms with Crippen LogP contribution in [-0.4, -0.2) is 28.4 Å². The van der Waals surface area contributed by atoms with Gasteiger partial charge in [0, 0.05) is 5.39 Å². The molecule has 1 heterocycles. The van der Waals surface area contributed by atoms with Gasteiger partial charge in [0.1, 0.15) is 12.3 Å². The Morgan fingerprint density at radius 1 is 1.06 bits per heavy atom. The van der Waals surface area contributed by atoms with Gasteiger partial charge in [0.25, 0.3) is 0 Å². The number of aldehydes is 1. The van der Waals surface area contributed by atoms with Crippen LogP contribution in [0.15, 0.2) is 60.7 Å². The molecule has 1 atom stereocenters. The van der Waals surface area contributed by atoms with Crippen molar-refractivity contribution in [1.29, 1.82) is 0 Å². The summed E-state index contributed by atoms with van der Waals surface area (Å²) in [5.41, 5.74) is -0.123. The van der Waals surface area contributed by atoms with Crippen molar-refractivity contribution in [1.82, 2.24) is 10.3 Å². The number of aliphatic carboxylic acids is 1. The number of carboxylic acids is 1.